The Hall–Kier alpha value is -2.29. The largest absolute Gasteiger partial charge is 0.497 e. The lowest BCUT2D eigenvalue weighted by molar-refractivity contribution is -0.118. The van der Waals surface area contributed by atoms with Crippen molar-refractivity contribution in [3.05, 3.63) is 65.2 Å². The molecule has 0 bridgehead atoms. The van der Waals surface area contributed by atoms with Crippen molar-refractivity contribution in [2.24, 2.45) is 5.92 Å². The second-order valence-corrected chi connectivity index (χ2v) is 6.93. The van der Waals surface area contributed by atoms with Gasteiger partial charge in [0, 0.05) is 13.5 Å². The Morgan fingerprint density at radius 1 is 1.20 bits per heavy atom. The van der Waals surface area contributed by atoms with Gasteiger partial charge in [0.1, 0.15) is 5.75 Å². The highest BCUT2D eigenvalue weighted by Crippen LogP contribution is 2.41. The number of benzene rings is 2. The Labute approximate surface area is 150 Å². The van der Waals surface area contributed by atoms with E-state index in [1.807, 2.05) is 0 Å². The van der Waals surface area contributed by atoms with Gasteiger partial charge in [-0.25, -0.2) is 0 Å². The molecule has 0 aliphatic heterocycles. The van der Waals surface area contributed by atoms with Crippen molar-refractivity contribution in [3.8, 4) is 5.75 Å². The van der Waals surface area contributed by atoms with Crippen LogP contribution in [0.5, 0.6) is 5.75 Å². The average molecular weight is 337 g/mol. The van der Waals surface area contributed by atoms with Crippen molar-refractivity contribution in [1.82, 2.24) is 5.32 Å². The second-order valence-electron chi connectivity index (χ2n) is 6.93. The highest BCUT2D eigenvalue weighted by Gasteiger charge is 2.29. The van der Waals surface area contributed by atoms with Gasteiger partial charge in [-0.2, -0.15) is 0 Å². The summed E-state index contributed by atoms with van der Waals surface area (Å²) in [5.41, 5.74) is 4.22. The molecular formula is C22H27NO2. The first-order valence-electron chi connectivity index (χ1n) is 9.12. The molecule has 3 rings (SSSR count). The van der Waals surface area contributed by atoms with Crippen molar-refractivity contribution in [2.75, 3.05) is 13.7 Å². The van der Waals surface area contributed by atoms with E-state index in [1.165, 1.54) is 23.1 Å². The first kappa shape index (κ1) is 17.5. The molecule has 3 nitrogen and oxygen atoms in total. The number of ether oxygens (including phenoxy) is 1. The molecule has 1 aliphatic rings. The number of nitrogens with one attached hydrogen (secondary N) is 1. The van der Waals surface area contributed by atoms with Gasteiger partial charge in [0.2, 0.25) is 5.91 Å². The number of rotatable bonds is 6. The molecule has 0 spiro atoms. The fraction of sp³-hybridized carbons (Fsp3) is 0.409. The first-order valence-corrected chi connectivity index (χ1v) is 9.12. The van der Waals surface area contributed by atoms with Crippen LogP contribution in [0.3, 0.4) is 0 Å². The molecule has 0 heterocycles. The Balaban J connectivity index is 1.84. The fourth-order valence-corrected chi connectivity index (χ4v) is 4.02. The van der Waals surface area contributed by atoms with Crippen LogP contribution in [-0.4, -0.2) is 19.6 Å². The third kappa shape index (κ3) is 4.41. The van der Waals surface area contributed by atoms with E-state index in [-0.39, 0.29) is 5.91 Å². The van der Waals surface area contributed by atoms with Crippen LogP contribution in [0.2, 0.25) is 0 Å². The van der Waals surface area contributed by atoms with E-state index in [4.69, 9.17) is 4.74 Å². The number of fused-ring (bicyclic) bond motifs is 1. The monoisotopic (exact) mass is 337 g/mol. The molecule has 1 N–H and O–H groups in total. The quantitative estimate of drug-likeness (QED) is 0.861. The molecule has 2 atom stereocenters. The fourth-order valence-electron chi connectivity index (χ4n) is 4.02. The lowest BCUT2D eigenvalue weighted by atomic mass is 9.71. The van der Waals surface area contributed by atoms with Crippen molar-refractivity contribution in [1.29, 1.82) is 0 Å². The van der Waals surface area contributed by atoms with E-state index < -0.39 is 0 Å². The molecule has 0 fully saturated rings. The van der Waals surface area contributed by atoms with Crippen molar-refractivity contribution in [3.63, 3.8) is 0 Å². The molecule has 2 aromatic carbocycles. The summed E-state index contributed by atoms with van der Waals surface area (Å²) < 4.78 is 5.46. The number of aryl methyl sites for hydroxylation is 1. The summed E-state index contributed by atoms with van der Waals surface area (Å²) in [6.45, 7) is 2.31. The van der Waals surface area contributed by atoms with Crippen molar-refractivity contribution >= 4 is 5.91 Å². The number of carbonyl (C=O) groups is 1. The third-order valence-corrected chi connectivity index (χ3v) is 5.28. The van der Waals surface area contributed by atoms with Gasteiger partial charge in [-0.15, -0.1) is 0 Å². The molecule has 1 amide bonds. The first-order chi connectivity index (χ1) is 12.2. The van der Waals surface area contributed by atoms with Gasteiger partial charge < -0.3 is 10.1 Å². The molecule has 0 aromatic heterocycles. The van der Waals surface area contributed by atoms with Crippen LogP contribution in [-0.2, 0) is 17.6 Å². The number of hydrogen-bond acceptors (Lipinski definition) is 2. The number of carbonyl (C=O) groups excluding carboxylic acids is 1. The summed E-state index contributed by atoms with van der Waals surface area (Å²) in [7, 11) is 1.72. The lowest BCUT2D eigenvalue weighted by Gasteiger charge is -2.34. The van der Waals surface area contributed by atoms with Crippen LogP contribution >= 0.6 is 0 Å². The van der Waals surface area contributed by atoms with Crippen molar-refractivity contribution < 1.29 is 9.53 Å². The Morgan fingerprint density at radius 2 is 2.00 bits per heavy atom. The predicted octanol–water partition coefficient (Wildman–Crippen LogP) is 4.11. The smallest absolute Gasteiger partial charge is 0.216 e. The van der Waals surface area contributed by atoms with E-state index in [0.717, 1.165) is 31.6 Å². The Bertz CT molecular complexity index is 711. The van der Waals surface area contributed by atoms with Gasteiger partial charge in [0.15, 0.2) is 0 Å². The number of amides is 1. The van der Waals surface area contributed by atoms with Crippen LogP contribution in [0.25, 0.3) is 0 Å². The van der Waals surface area contributed by atoms with Gasteiger partial charge in [0.05, 0.1) is 7.11 Å². The minimum atomic E-state index is 0.0429. The average Bonchev–Trinajstić information content (AvgIpc) is 2.63. The molecule has 25 heavy (non-hydrogen) atoms. The highest BCUT2D eigenvalue weighted by molar-refractivity contribution is 5.72. The SMILES string of the molecule is COc1ccc2c(c1)[C@@H](CCNC(C)=O)[C@@H](Cc1ccccc1)CC2. The molecule has 3 heteroatoms. The third-order valence-electron chi connectivity index (χ3n) is 5.28. The maximum atomic E-state index is 11.3. The zero-order valence-corrected chi connectivity index (χ0v) is 15.1. The van der Waals surface area contributed by atoms with E-state index in [1.54, 1.807) is 14.0 Å². The van der Waals surface area contributed by atoms with Gasteiger partial charge in [-0.3, -0.25) is 4.79 Å². The van der Waals surface area contributed by atoms with Crippen LogP contribution in [0.1, 0.15) is 42.4 Å². The molecule has 0 unspecified atom stereocenters. The lowest BCUT2D eigenvalue weighted by Crippen LogP contribution is -2.28. The summed E-state index contributed by atoms with van der Waals surface area (Å²) in [4.78, 5) is 11.3. The molecule has 1 aliphatic carbocycles. The standard InChI is InChI=1S/C22H27NO2/c1-16(24)23-13-12-21-19(14-17-6-4-3-5-7-17)9-8-18-10-11-20(25-2)15-22(18)21/h3-7,10-11,15,19,21H,8-9,12-14H2,1-2H3,(H,23,24)/t19-,21+/m1/s1. The molecule has 0 radical (unpaired) electrons. The van der Waals surface area contributed by atoms with Crippen molar-refractivity contribution in [2.45, 2.75) is 38.5 Å². The Morgan fingerprint density at radius 3 is 2.72 bits per heavy atom. The molecule has 0 saturated carbocycles. The maximum Gasteiger partial charge on any atom is 0.216 e. The van der Waals surface area contributed by atoms with E-state index >= 15 is 0 Å². The zero-order chi connectivity index (χ0) is 17.6. The number of hydrogen-bond donors (Lipinski definition) is 1. The van der Waals surface area contributed by atoms with Crippen LogP contribution in [0.4, 0.5) is 0 Å². The highest BCUT2D eigenvalue weighted by atomic mass is 16.5. The van der Waals surface area contributed by atoms with Crippen LogP contribution in [0, 0.1) is 5.92 Å². The van der Waals surface area contributed by atoms with Crippen LogP contribution < -0.4 is 10.1 Å². The Kier molecular flexibility index (Phi) is 5.75. The topological polar surface area (TPSA) is 38.3 Å². The number of methoxy groups -OCH3 is 1. The summed E-state index contributed by atoms with van der Waals surface area (Å²) in [6, 6.07) is 17.2. The minimum absolute atomic E-state index is 0.0429. The maximum absolute atomic E-state index is 11.3. The molecule has 0 saturated heterocycles. The van der Waals surface area contributed by atoms with Gasteiger partial charge in [-0.1, -0.05) is 36.4 Å². The normalized spacial score (nSPS) is 19.1. The minimum Gasteiger partial charge on any atom is -0.497 e. The van der Waals surface area contributed by atoms with Gasteiger partial charge in [-0.05, 0) is 66.3 Å². The van der Waals surface area contributed by atoms with E-state index in [0.29, 0.717) is 11.8 Å². The van der Waals surface area contributed by atoms with Crippen LogP contribution in [0.15, 0.2) is 48.5 Å². The van der Waals surface area contributed by atoms with E-state index in [9.17, 15) is 4.79 Å². The second kappa shape index (κ2) is 8.19. The predicted molar refractivity (Wildman–Crippen MR) is 101 cm³/mol. The van der Waals surface area contributed by atoms with Gasteiger partial charge in [0.25, 0.3) is 0 Å². The molecular weight excluding hydrogens is 310 g/mol. The zero-order valence-electron chi connectivity index (χ0n) is 15.1. The van der Waals surface area contributed by atoms with Gasteiger partial charge >= 0.3 is 0 Å². The van der Waals surface area contributed by atoms with E-state index in [2.05, 4.69) is 53.8 Å². The summed E-state index contributed by atoms with van der Waals surface area (Å²) in [5.74, 6) is 2.01. The molecule has 132 valence electrons. The summed E-state index contributed by atoms with van der Waals surface area (Å²) >= 11 is 0. The summed E-state index contributed by atoms with van der Waals surface area (Å²) in [6.07, 6.45) is 4.37. The summed E-state index contributed by atoms with van der Waals surface area (Å²) in [5, 5.41) is 2.97. The molecule has 2 aromatic rings.